The van der Waals surface area contributed by atoms with Gasteiger partial charge in [-0.15, -0.1) is 0 Å². The molecule has 0 radical (unpaired) electrons. The van der Waals surface area contributed by atoms with Crippen LogP contribution < -0.4 is 5.32 Å². The number of allylic oxidation sites excluding steroid dienone is 4. The van der Waals surface area contributed by atoms with Gasteiger partial charge >= 0.3 is 0 Å². The van der Waals surface area contributed by atoms with Crippen molar-refractivity contribution in [2.45, 2.75) is 179 Å². The van der Waals surface area contributed by atoms with Crippen LogP contribution in [0.1, 0.15) is 164 Å². The van der Waals surface area contributed by atoms with Crippen LogP contribution in [0.15, 0.2) is 122 Å². The molecular weight excluding hydrogens is 881 g/mol. The van der Waals surface area contributed by atoms with Crippen molar-refractivity contribution in [1.29, 1.82) is 5.26 Å². The maximum Gasteiger partial charge on any atom is 0.245 e. The van der Waals surface area contributed by atoms with Crippen LogP contribution in [0.4, 0.5) is 0 Å². The molecule has 5 atom stereocenters. The Morgan fingerprint density at radius 1 is 1.04 bits per heavy atom. The van der Waals surface area contributed by atoms with Crippen LogP contribution >= 0.6 is 0 Å². The van der Waals surface area contributed by atoms with Gasteiger partial charge in [-0.3, -0.25) is 9.78 Å². The summed E-state index contributed by atoms with van der Waals surface area (Å²) >= 11 is 0. The van der Waals surface area contributed by atoms with Gasteiger partial charge in [-0.05, 0) is 135 Å². The van der Waals surface area contributed by atoms with Crippen LogP contribution in [-0.2, 0) is 24.2 Å². The summed E-state index contributed by atoms with van der Waals surface area (Å²) in [6.07, 6.45) is 12.3. The highest BCUT2D eigenvalue weighted by atomic mass is 16.2. The van der Waals surface area contributed by atoms with Gasteiger partial charge in [0.25, 0.3) is 0 Å². The molecule has 5 rings (SSSR count). The molecule has 1 aliphatic heterocycles. The Labute approximate surface area is 439 Å². The number of likely N-dealkylation sites (N-methyl/N-ethyl adjacent to an activating group) is 2. The number of nitriles is 1. The number of rotatable bonds is 15. The molecule has 4 bridgehead atoms. The highest BCUT2D eigenvalue weighted by Crippen LogP contribution is 2.44. The van der Waals surface area contributed by atoms with Gasteiger partial charge in [-0.25, -0.2) is 0 Å². The number of pyridine rings is 1. The minimum atomic E-state index is -0.663. The predicted octanol–water partition coefficient (Wildman–Crippen LogP) is 16.7. The Kier molecular flexibility index (Phi) is 23.6. The lowest BCUT2D eigenvalue weighted by Crippen LogP contribution is -2.51. The summed E-state index contributed by atoms with van der Waals surface area (Å²) in [5.41, 5.74) is 12.9. The first kappa shape index (κ1) is 60.7. The quantitative estimate of drug-likeness (QED) is 0.0949. The molecule has 0 fully saturated rings. The van der Waals surface area contributed by atoms with Crippen molar-refractivity contribution in [3.63, 3.8) is 0 Å². The first-order valence-corrected chi connectivity index (χ1v) is 27.3. The monoisotopic (exact) mass is 977 g/mol. The zero-order valence-electron chi connectivity index (χ0n) is 47.9. The Bertz CT molecular complexity index is 2510. The van der Waals surface area contributed by atoms with Crippen LogP contribution in [0.25, 0.3) is 33.3 Å². The van der Waals surface area contributed by atoms with Gasteiger partial charge in [0.2, 0.25) is 5.91 Å². The van der Waals surface area contributed by atoms with Crippen LogP contribution in [0.2, 0.25) is 0 Å². The van der Waals surface area contributed by atoms with Crippen molar-refractivity contribution in [3.8, 4) is 28.5 Å². The Hall–Kier alpha value is -5.61. The molecule has 0 spiro atoms. The van der Waals surface area contributed by atoms with Crippen molar-refractivity contribution in [3.05, 3.63) is 139 Å². The van der Waals surface area contributed by atoms with E-state index < -0.39 is 11.5 Å². The van der Waals surface area contributed by atoms with Gasteiger partial charge in [0, 0.05) is 67.7 Å². The fourth-order valence-electron chi connectivity index (χ4n) is 10.5. The molecule has 72 heavy (non-hydrogen) atoms. The van der Waals surface area contributed by atoms with Crippen LogP contribution in [0.5, 0.6) is 0 Å². The van der Waals surface area contributed by atoms with Gasteiger partial charge in [0.05, 0.1) is 28.9 Å². The summed E-state index contributed by atoms with van der Waals surface area (Å²) < 4.78 is 2.52. The zero-order valence-corrected chi connectivity index (χ0v) is 47.9. The van der Waals surface area contributed by atoms with Crippen LogP contribution in [0.3, 0.4) is 0 Å². The lowest BCUT2D eigenvalue weighted by atomic mass is 9.78. The van der Waals surface area contributed by atoms with E-state index in [0.29, 0.717) is 31.2 Å². The van der Waals surface area contributed by atoms with Crippen molar-refractivity contribution in [2.75, 3.05) is 20.6 Å². The second-order valence-corrected chi connectivity index (χ2v) is 21.6. The smallest absolute Gasteiger partial charge is 0.245 e. The van der Waals surface area contributed by atoms with Crippen LogP contribution in [-0.4, -0.2) is 58.0 Å². The molecule has 0 saturated heterocycles. The van der Waals surface area contributed by atoms with Gasteiger partial charge in [0.1, 0.15) is 6.04 Å². The summed E-state index contributed by atoms with van der Waals surface area (Å²) in [6, 6.07) is 22.0. The average molecular weight is 978 g/mol. The van der Waals surface area contributed by atoms with Gasteiger partial charge in [-0.2, -0.15) is 5.26 Å². The van der Waals surface area contributed by atoms with Crippen molar-refractivity contribution in [2.24, 2.45) is 22.7 Å². The number of hydrogen-bond donors (Lipinski definition) is 1. The predicted molar refractivity (Wildman–Crippen MR) is 312 cm³/mol. The molecular formula is C65H96N6O. The summed E-state index contributed by atoms with van der Waals surface area (Å²) in [5.74, 6) is 0.856. The van der Waals surface area contributed by atoms with Crippen molar-refractivity contribution < 1.29 is 4.79 Å². The SMILES string of the molecule is C=C(NC1Cc2cccc(c2)-c2ccc3c(c2)c(c(-c2cccnc2C(C)CC)n3CC)CC(C)(C)CCC(=C)[C@@H](C)CCCN(C)C1=O)C(C(C)C)N(C)C(=C)C(C#N)(CC)CCC.C=CC(=C)C.CC. The lowest BCUT2D eigenvalue weighted by molar-refractivity contribution is -0.132. The molecule has 1 N–H and O–H groups in total. The number of fused-ring (bicyclic) bond motifs is 4. The molecule has 1 aliphatic rings. The molecule has 3 heterocycles. The Balaban J connectivity index is 0.00000184. The van der Waals surface area contributed by atoms with Gasteiger partial charge in [-0.1, -0.05) is 163 Å². The third-order valence-electron chi connectivity index (χ3n) is 15.2. The molecule has 4 unspecified atom stereocenters. The van der Waals surface area contributed by atoms with Gasteiger partial charge in [0.15, 0.2) is 0 Å². The molecule has 0 aliphatic carbocycles. The minimum Gasteiger partial charge on any atom is -0.376 e. The highest BCUT2D eigenvalue weighted by Gasteiger charge is 2.37. The molecule has 2 aromatic heterocycles. The van der Waals surface area contributed by atoms with Crippen molar-refractivity contribution >= 4 is 16.8 Å². The highest BCUT2D eigenvalue weighted by molar-refractivity contribution is 5.95. The van der Waals surface area contributed by atoms with E-state index in [1.165, 1.54) is 33.3 Å². The molecule has 4 aromatic rings. The van der Waals surface area contributed by atoms with E-state index in [4.69, 9.17) is 4.98 Å². The number of nitrogens with one attached hydrogen (secondary N) is 1. The summed E-state index contributed by atoms with van der Waals surface area (Å²) in [5, 5.41) is 15.4. The molecule has 7 nitrogen and oxygen atoms in total. The number of aryl methyl sites for hydroxylation is 1. The number of carbonyl (C=O) groups is 1. The molecule has 7 heteroatoms. The third kappa shape index (κ3) is 15.0. The summed E-state index contributed by atoms with van der Waals surface area (Å²) in [7, 11) is 3.96. The van der Waals surface area contributed by atoms with Crippen molar-refractivity contribution in [1.82, 2.24) is 24.7 Å². The lowest BCUT2D eigenvalue weighted by Gasteiger charge is -2.42. The number of carbonyl (C=O) groups excluding carboxylic acids is 1. The van der Waals surface area contributed by atoms with E-state index in [-0.39, 0.29) is 23.3 Å². The second-order valence-electron chi connectivity index (χ2n) is 21.6. The molecule has 0 saturated carbocycles. The maximum atomic E-state index is 14.7. The second kappa shape index (κ2) is 28.0. The Morgan fingerprint density at radius 3 is 2.29 bits per heavy atom. The zero-order chi connectivity index (χ0) is 54.1. The number of amides is 1. The standard InChI is InChI=1S/C58H82N6O.C5H8.C2H6/c1-16-30-58(18-3,38-59)44(11)63(15)54(39(5)6)43(10)61-51-35-45-24-20-25-46(34-45)47-27-28-52-49(36-47)50(55(64(52)19-4)48-26-21-32-60-53(48)40(7)17-2)37-57(12,13)31-29-42(9)41(8)23-22-33-62(14)56(51)65;1-4-5(2)3;1-2/h20-21,24-28,32,34,36,39-41,51,54,61H,9-11,16-19,22-23,29-31,33,35,37H2,1-8,12-15H3;4H,1-2H2,3H3;1-2H3/t40?,41-,51?,54?,58?;;/m0../s1. The van der Waals surface area contributed by atoms with Gasteiger partial charge < -0.3 is 19.7 Å². The molecule has 392 valence electrons. The fourth-order valence-corrected chi connectivity index (χ4v) is 10.5. The third-order valence-corrected chi connectivity index (χ3v) is 15.2. The topological polar surface area (TPSA) is 77.2 Å². The number of nitrogens with zero attached hydrogens (tertiary/aromatic N) is 5. The van der Waals surface area contributed by atoms with E-state index in [0.717, 1.165) is 97.3 Å². The first-order chi connectivity index (χ1) is 34.1. The fraction of sp³-hybridized carbons (Fsp3) is 0.523. The average Bonchev–Trinajstić information content (AvgIpc) is 3.67. The van der Waals surface area contributed by atoms with E-state index in [1.807, 2.05) is 46.0 Å². The summed E-state index contributed by atoms with van der Waals surface area (Å²) in [6.45, 7) is 50.7. The number of benzene rings is 2. The maximum absolute atomic E-state index is 14.7. The first-order valence-electron chi connectivity index (χ1n) is 27.3. The molecule has 2 aromatic carbocycles. The molecule has 1 amide bonds. The minimum absolute atomic E-state index is 0.0133. The summed E-state index contributed by atoms with van der Waals surface area (Å²) in [4.78, 5) is 23.8. The normalized spacial score (nSPS) is 18.0. The number of hydrogen-bond acceptors (Lipinski definition) is 5. The Morgan fingerprint density at radius 2 is 1.71 bits per heavy atom. The van der Waals surface area contributed by atoms with E-state index >= 15 is 0 Å². The van der Waals surface area contributed by atoms with E-state index in [9.17, 15) is 10.1 Å². The van der Waals surface area contributed by atoms with E-state index in [1.54, 1.807) is 6.08 Å². The van der Waals surface area contributed by atoms with Crippen LogP contribution in [0, 0.1) is 34.0 Å². The largest absolute Gasteiger partial charge is 0.376 e. The number of aromatic nitrogens is 2. The van der Waals surface area contributed by atoms with E-state index in [2.05, 4.69) is 178 Å².